The molecule has 0 aromatic rings. The molecule has 168 valence electrons. The van der Waals surface area contributed by atoms with E-state index < -0.39 is 55.0 Å². The summed E-state index contributed by atoms with van der Waals surface area (Å²) in [5, 5.41) is 9.39. The van der Waals surface area contributed by atoms with Gasteiger partial charge >= 0.3 is 18.4 Å². The van der Waals surface area contributed by atoms with E-state index in [0.717, 1.165) is 25.7 Å². The zero-order valence-electron chi connectivity index (χ0n) is 15.6. The highest BCUT2D eigenvalue weighted by Gasteiger charge is 2.70. The van der Waals surface area contributed by atoms with Crippen molar-refractivity contribution in [3.05, 3.63) is 24.1 Å². The fraction of sp³-hybridized carbons (Fsp3) is 0.789. The van der Waals surface area contributed by atoms with Gasteiger partial charge < -0.3 is 5.11 Å². The van der Waals surface area contributed by atoms with Gasteiger partial charge in [0.2, 0.25) is 0 Å². The SMILES string of the molecule is C=C(CC(CC(F)=C(F)F)CC(O)(C(F)(F)F)C(F)(F)F)C1CC2(CCCC2)C1. The van der Waals surface area contributed by atoms with Crippen molar-refractivity contribution in [2.45, 2.75) is 75.7 Å². The van der Waals surface area contributed by atoms with Crippen molar-refractivity contribution in [1.29, 1.82) is 0 Å². The summed E-state index contributed by atoms with van der Waals surface area (Å²) in [4.78, 5) is 0. The first-order chi connectivity index (χ1) is 13.1. The number of rotatable bonds is 7. The highest BCUT2D eigenvalue weighted by molar-refractivity contribution is 5.14. The molecule has 0 aromatic heterocycles. The molecule has 2 aliphatic rings. The summed E-state index contributed by atoms with van der Waals surface area (Å²) in [5.41, 5.74) is -4.69. The Morgan fingerprint density at radius 1 is 0.931 bits per heavy atom. The monoisotopic (exact) mass is 438 g/mol. The normalized spacial score (nSPS) is 21.2. The second-order valence-electron chi connectivity index (χ2n) is 8.47. The van der Waals surface area contributed by atoms with Crippen LogP contribution in [-0.2, 0) is 0 Å². The molecule has 0 amide bonds. The highest BCUT2D eigenvalue weighted by atomic mass is 19.4. The Balaban J connectivity index is 2.16. The lowest BCUT2D eigenvalue weighted by molar-refractivity contribution is -0.372. The summed E-state index contributed by atoms with van der Waals surface area (Å²) >= 11 is 0. The average Bonchev–Trinajstić information content (AvgIpc) is 3.00. The van der Waals surface area contributed by atoms with E-state index in [1.807, 2.05) is 0 Å². The van der Waals surface area contributed by atoms with Crippen molar-refractivity contribution in [3.63, 3.8) is 0 Å². The number of hydrogen-bond acceptors (Lipinski definition) is 1. The van der Waals surface area contributed by atoms with Gasteiger partial charge in [0.05, 0.1) is 0 Å². The van der Waals surface area contributed by atoms with Crippen LogP contribution in [0.25, 0.3) is 0 Å². The third kappa shape index (κ3) is 5.11. The maximum absolute atomic E-state index is 13.4. The van der Waals surface area contributed by atoms with Crippen LogP contribution < -0.4 is 0 Å². The molecule has 29 heavy (non-hydrogen) atoms. The van der Waals surface area contributed by atoms with Gasteiger partial charge in [-0.05, 0) is 55.8 Å². The van der Waals surface area contributed by atoms with Crippen molar-refractivity contribution in [2.75, 3.05) is 0 Å². The minimum Gasteiger partial charge on any atom is -0.374 e. The Morgan fingerprint density at radius 3 is 1.83 bits per heavy atom. The van der Waals surface area contributed by atoms with E-state index in [4.69, 9.17) is 0 Å². The molecule has 1 nitrogen and oxygen atoms in total. The number of hydrogen-bond donors (Lipinski definition) is 1. The Morgan fingerprint density at radius 2 is 1.41 bits per heavy atom. The van der Waals surface area contributed by atoms with Crippen molar-refractivity contribution in [2.24, 2.45) is 17.3 Å². The summed E-state index contributed by atoms with van der Waals surface area (Å²) in [6, 6.07) is 0. The predicted molar refractivity (Wildman–Crippen MR) is 87.5 cm³/mol. The van der Waals surface area contributed by atoms with Crippen molar-refractivity contribution in [3.8, 4) is 0 Å². The molecular formula is C19H23F9O. The fourth-order valence-electron chi connectivity index (χ4n) is 4.70. The van der Waals surface area contributed by atoms with E-state index in [9.17, 15) is 44.6 Å². The molecule has 1 spiro atoms. The predicted octanol–water partition coefficient (Wildman–Crippen LogP) is 7.23. The summed E-state index contributed by atoms with van der Waals surface area (Å²) in [7, 11) is 0. The van der Waals surface area contributed by atoms with Crippen molar-refractivity contribution < 1.29 is 44.6 Å². The summed E-state index contributed by atoms with van der Waals surface area (Å²) < 4.78 is 116. The molecule has 2 aliphatic carbocycles. The van der Waals surface area contributed by atoms with Crippen LogP contribution in [0.3, 0.4) is 0 Å². The summed E-state index contributed by atoms with van der Waals surface area (Å²) in [6.45, 7) is 3.71. The largest absolute Gasteiger partial charge is 0.426 e. The van der Waals surface area contributed by atoms with Crippen LogP contribution in [0.1, 0.15) is 57.8 Å². The molecule has 2 fully saturated rings. The van der Waals surface area contributed by atoms with Crippen LogP contribution in [0.4, 0.5) is 39.5 Å². The zero-order chi connectivity index (χ0) is 22.3. The van der Waals surface area contributed by atoms with E-state index in [2.05, 4.69) is 6.58 Å². The van der Waals surface area contributed by atoms with Crippen molar-refractivity contribution in [1.82, 2.24) is 0 Å². The Kier molecular flexibility index (Phi) is 6.77. The van der Waals surface area contributed by atoms with Gasteiger partial charge in [-0.15, -0.1) is 0 Å². The lowest BCUT2D eigenvalue weighted by Crippen LogP contribution is -2.57. The Bertz CT molecular complexity index is 615. The molecule has 0 bridgehead atoms. The molecule has 10 heteroatoms. The first-order valence-electron chi connectivity index (χ1n) is 9.33. The van der Waals surface area contributed by atoms with E-state index >= 15 is 0 Å². The smallest absolute Gasteiger partial charge is 0.374 e. The molecular weight excluding hydrogens is 415 g/mol. The van der Waals surface area contributed by atoms with Crippen LogP contribution >= 0.6 is 0 Å². The van der Waals surface area contributed by atoms with Gasteiger partial charge in [0.1, 0.15) is 0 Å². The Labute approximate surface area is 162 Å². The summed E-state index contributed by atoms with van der Waals surface area (Å²) in [5.74, 6) is -4.07. The van der Waals surface area contributed by atoms with Gasteiger partial charge in [0, 0.05) is 6.42 Å². The maximum atomic E-state index is 13.4. The summed E-state index contributed by atoms with van der Waals surface area (Å²) in [6.07, 6.45) is -13.3. The van der Waals surface area contributed by atoms with E-state index in [0.29, 0.717) is 18.4 Å². The minimum absolute atomic E-state index is 0.123. The Hall–Kier alpha value is -1.19. The van der Waals surface area contributed by atoms with Crippen LogP contribution in [0.5, 0.6) is 0 Å². The van der Waals surface area contributed by atoms with Gasteiger partial charge in [-0.2, -0.15) is 35.1 Å². The standard InChI is InChI=1S/C19H23F9O/c1-11(13-9-16(10-13)4-2-3-5-16)6-12(7-14(20)15(21)22)8-17(29,18(23,24)25)19(26,27)28/h12-13,29H,1-10H2. The molecule has 0 heterocycles. The topological polar surface area (TPSA) is 20.2 Å². The minimum atomic E-state index is -6.09. The lowest BCUT2D eigenvalue weighted by Gasteiger charge is -2.47. The van der Waals surface area contributed by atoms with Gasteiger partial charge in [-0.25, -0.2) is 4.39 Å². The van der Waals surface area contributed by atoms with Crippen LogP contribution in [0.15, 0.2) is 24.1 Å². The molecule has 1 N–H and O–H groups in total. The third-order valence-electron chi connectivity index (χ3n) is 6.35. The second kappa shape index (κ2) is 8.15. The first-order valence-corrected chi connectivity index (χ1v) is 9.33. The number of halogens is 9. The molecule has 0 aromatic carbocycles. The maximum Gasteiger partial charge on any atom is 0.426 e. The highest BCUT2D eigenvalue weighted by Crippen LogP contribution is 2.59. The van der Waals surface area contributed by atoms with E-state index in [1.165, 1.54) is 0 Å². The van der Waals surface area contributed by atoms with Gasteiger partial charge in [0.15, 0.2) is 5.83 Å². The molecule has 1 unspecified atom stereocenters. The molecule has 2 saturated carbocycles. The van der Waals surface area contributed by atoms with Crippen LogP contribution in [0, 0.1) is 17.3 Å². The lowest BCUT2D eigenvalue weighted by atomic mass is 9.58. The quantitative estimate of drug-likeness (QED) is 0.328. The zero-order valence-corrected chi connectivity index (χ0v) is 15.6. The molecule has 0 radical (unpaired) electrons. The molecule has 0 aliphatic heterocycles. The number of aliphatic hydroxyl groups is 1. The van der Waals surface area contributed by atoms with Gasteiger partial charge in [0.25, 0.3) is 5.60 Å². The van der Waals surface area contributed by atoms with Gasteiger partial charge in [-0.1, -0.05) is 25.0 Å². The van der Waals surface area contributed by atoms with Gasteiger partial charge in [-0.3, -0.25) is 0 Å². The first kappa shape index (κ1) is 24.1. The molecule has 0 saturated heterocycles. The van der Waals surface area contributed by atoms with Crippen molar-refractivity contribution >= 4 is 0 Å². The fourth-order valence-corrected chi connectivity index (χ4v) is 4.70. The third-order valence-corrected chi connectivity index (χ3v) is 6.35. The van der Waals surface area contributed by atoms with Crippen LogP contribution in [0.2, 0.25) is 0 Å². The molecule has 2 rings (SSSR count). The van der Waals surface area contributed by atoms with E-state index in [1.54, 1.807) is 0 Å². The molecule has 1 atom stereocenters. The number of alkyl halides is 6. The van der Waals surface area contributed by atoms with Crippen LogP contribution in [-0.4, -0.2) is 23.1 Å². The number of allylic oxidation sites excluding steroid dienone is 2. The van der Waals surface area contributed by atoms with E-state index in [-0.39, 0.29) is 11.3 Å². The average molecular weight is 438 g/mol. The second-order valence-corrected chi connectivity index (χ2v) is 8.47.